The Morgan fingerprint density at radius 3 is 2.69 bits per heavy atom. The molecule has 0 saturated heterocycles. The number of nitrogens with zero attached hydrogens (tertiary/aromatic N) is 4. The quantitative estimate of drug-likeness (QED) is 0.664. The van der Waals surface area contributed by atoms with Crippen LogP contribution in [0.25, 0.3) is 5.65 Å². The van der Waals surface area contributed by atoms with E-state index < -0.39 is 5.95 Å². The van der Waals surface area contributed by atoms with E-state index in [2.05, 4.69) is 4.98 Å². The predicted molar refractivity (Wildman–Crippen MR) is 102 cm³/mol. The largest absolute Gasteiger partial charge is 0.331 e. The van der Waals surface area contributed by atoms with E-state index >= 15 is 0 Å². The number of carbonyl (C=O) groups excluding carboxylic acids is 1. The van der Waals surface area contributed by atoms with Crippen molar-refractivity contribution in [1.29, 1.82) is 0 Å². The zero-order chi connectivity index (χ0) is 18.8. The van der Waals surface area contributed by atoms with E-state index in [1.165, 1.54) is 4.40 Å². The molecule has 0 saturated carbocycles. The van der Waals surface area contributed by atoms with Crippen LogP contribution >= 0.6 is 11.3 Å². The van der Waals surface area contributed by atoms with Gasteiger partial charge >= 0.3 is 0 Å². The summed E-state index contributed by atoms with van der Waals surface area (Å²) in [6.07, 6.45) is 1.61. The summed E-state index contributed by atoms with van der Waals surface area (Å²) >= 11 is 1.61. The molecule has 1 amide bonds. The Bertz CT molecular complexity index is 931. The lowest BCUT2D eigenvalue weighted by Gasteiger charge is -2.23. The Labute approximate surface area is 156 Å². The van der Waals surface area contributed by atoms with Crippen molar-refractivity contribution in [2.75, 3.05) is 27.2 Å². The molecule has 0 aliphatic carbocycles. The molecule has 7 heteroatoms. The highest BCUT2D eigenvalue weighted by atomic mass is 32.1. The van der Waals surface area contributed by atoms with Crippen molar-refractivity contribution in [3.05, 3.63) is 57.4 Å². The molecule has 0 bridgehead atoms. The van der Waals surface area contributed by atoms with Crippen molar-refractivity contribution in [1.82, 2.24) is 19.2 Å². The number of rotatable bonds is 6. The minimum atomic E-state index is -0.609. The summed E-state index contributed by atoms with van der Waals surface area (Å²) in [6.45, 7) is 5.61. The van der Waals surface area contributed by atoms with Crippen molar-refractivity contribution in [3.8, 4) is 0 Å². The Morgan fingerprint density at radius 2 is 2.04 bits per heavy atom. The molecule has 0 spiro atoms. The molecule has 5 nitrogen and oxygen atoms in total. The van der Waals surface area contributed by atoms with E-state index in [1.807, 2.05) is 44.3 Å². The molecule has 0 fully saturated rings. The van der Waals surface area contributed by atoms with Crippen LogP contribution in [0.2, 0.25) is 0 Å². The minimum absolute atomic E-state index is 0.122. The lowest BCUT2D eigenvalue weighted by molar-refractivity contribution is 0.0723. The van der Waals surface area contributed by atoms with Crippen molar-refractivity contribution in [2.45, 2.75) is 20.4 Å². The zero-order valence-corrected chi connectivity index (χ0v) is 16.3. The van der Waals surface area contributed by atoms with Crippen molar-refractivity contribution in [3.63, 3.8) is 0 Å². The second kappa shape index (κ2) is 7.55. The fraction of sp³-hybridized carbons (Fsp3) is 0.368. The van der Waals surface area contributed by atoms with Gasteiger partial charge in [0.2, 0.25) is 5.95 Å². The number of hydrogen-bond acceptors (Lipinski definition) is 4. The number of carbonyl (C=O) groups is 1. The highest BCUT2D eigenvalue weighted by Crippen LogP contribution is 2.20. The van der Waals surface area contributed by atoms with Gasteiger partial charge in [-0.3, -0.25) is 9.20 Å². The third-order valence-corrected chi connectivity index (χ3v) is 5.34. The molecule has 0 N–H and O–H groups in total. The van der Waals surface area contributed by atoms with Crippen LogP contribution in [-0.2, 0) is 6.54 Å². The second-order valence-corrected chi connectivity index (χ2v) is 7.74. The lowest BCUT2D eigenvalue weighted by atomic mass is 10.2. The maximum Gasteiger partial charge on any atom is 0.277 e. The average Bonchev–Trinajstić information content (AvgIpc) is 3.14. The number of hydrogen-bond donors (Lipinski definition) is 0. The SMILES string of the molecule is Cc1ccn2c(F)c(C(=O)N(CCN(C)C)Cc3sccc3C)nc2c1. The summed E-state index contributed by atoms with van der Waals surface area (Å²) in [5, 5.41) is 2.01. The van der Waals surface area contributed by atoms with Gasteiger partial charge < -0.3 is 9.80 Å². The molecule has 3 rings (SSSR count). The maximum atomic E-state index is 14.8. The number of imidazole rings is 1. The molecular formula is C19H23FN4OS. The highest BCUT2D eigenvalue weighted by Gasteiger charge is 2.25. The molecule has 0 aliphatic rings. The van der Waals surface area contributed by atoms with Gasteiger partial charge in [-0.15, -0.1) is 11.3 Å². The Morgan fingerprint density at radius 1 is 1.27 bits per heavy atom. The first kappa shape index (κ1) is 18.5. The van der Waals surface area contributed by atoms with Crippen LogP contribution in [-0.4, -0.2) is 52.3 Å². The summed E-state index contributed by atoms with van der Waals surface area (Å²) in [5.74, 6) is -0.985. The van der Waals surface area contributed by atoms with Crippen molar-refractivity contribution >= 4 is 22.9 Å². The van der Waals surface area contributed by atoms with Crippen LogP contribution in [0, 0.1) is 19.8 Å². The second-order valence-electron chi connectivity index (χ2n) is 6.74. The molecule has 0 atom stereocenters. The molecule has 0 aromatic carbocycles. The summed E-state index contributed by atoms with van der Waals surface area (Å²) in [4.78, 5) is 22.1. The lowest BCUT2D eigenvalue weighted by Crippen LogP contribution is -2.36. The van der Waals surface area contributed by atoms with Gasteiger partial charge in [0, 0.05) is 24.2 Å². The molecule has 0 unspecified atom stereocenters. The molecular weight excluding hydrogens is 351 g/mol. The van der Waals surface area contributed by atoms with E-state index in [4.69, 9.17) is 0 Å². The van der Waals surface area contributed by atoms with Gasteiger partial charge in [-0.1, -0.05) is 0 Å². The molecule has 0 radical (unpaired) electrons. The first-order chi connectivity index (χ1) is 12.4. The monoisotopic (exact) mass is 374 g/mol. The van der Waals surface area contributed by atoms with Gasteiger partial charge in [0.1, 0.15) is 5.65 Å². The van der Waals surface area contributed by atoms with Crippen molar-refractivity contribution in [2.24, 2.45) is 0 Å². The van der Waals surface area contributed by atoms with Gasteiger partial charge in [-0.05, 0) is 62.6 Å². The number of pyridine rings is 1. The van der Waals surface area contributed by atoms with Gasteiger partial charge in [-0.25, -0.2) is 4.98 Å². The van der Waals surface area contributed by atoms with Crippen LogP contribution in [0.1, 0.15) is 26.5 Å². The number of halogens is 1. The van der Waals surface area contributed by atoms with Gasteiger partial charge in [0.25, 0.3) is 5.91 Å². The zero-order valence-electron chi connectivity index (χ0n) is 15.5. The van der Waals surface area contributed by atoms with Crippen LogP contribution in [0.15, 0.2) is 29.8 Å². The minimum Gasteiger partial charge on any atom is -0.331 e. The molecule has 0 aliphatic heterocycles. The maximum absolute atomic E-state index is 14.8. The van der Waals surface area contributed by atoms with Gasteiger partial charge in [0.05, 0.1) is 6.54 Å². The van der Waals surface area contributed by atoms with E-state index in [-0.39, 0.29) is 11.6 Å². The number of thiophene rings is 1. The fourth-order valence-corrected chi connectivity index (χ4v) is 3.64. The van der Waals surface area contributed by atoms with Crippen molar-refractivity contribution < 1.29 is 9.18 Å². The number of aryl methyl sites for hydroxylation is 2. The predicted octanol–water partition coefficient (Wildman–Crippen LogP) is 3.36. The third kappa shape index (κ3) is 3.78. The summed E-state index contributed by atoms with van der Waals surface area (Å²) in [6, 6.07) is 5.60. The molecule has 26 heavy (non-hydrogen) atoms. The van der Waals surface area contributed by atoms with Crippen LogP contribution in [0.5, 0.6) is 0 Å². The third-order valence-electron chi connectivity index (χ3n) is 4.33. The molecule has 138 valence electrons. The standard InChI is InChI=1S/C19H23FN4OS/c1-13-5-7-24-16(11-13)21-17(18(24)20)19(25)23(9-8-22(3)4)12-15-14(2)6-10-26-15/h5-7,10-11H,8-9,12H2,1-4H3. The van der Waals surface area contributed by atoms with Gasteiger partial charge in [0.15, 0.2) is 5.69 Å². The Balaban J connectivity index is 1.93. The normalized spacial score (nSPS) is 11.5. The smallest absolute Gasteiger partial charge is 0.277 e. The van der Waals surface area contributed by atoms with Crippen LogP contribution < -0.4 is 0 Å². The number of fused-ring (bicyclic) bond motifs is 1. The van der Waals surface area contributed by atoms with Crippen LogP contribution in [0.3, 0.4) is 0 Å². The fourth-order valence-electron chi connectivity index (χ4n) is 2.72. The summed E-state index contributed by atoms with van der Waals surface area (Å²) in [7, 11) is 3.90. The first-order valence-electron chi connectivity index (χ1n) is 8.48. The first-order valence-corrected chi connectivity index (χ1v) is 9.36. The molecule has 3 heterocycles. The van der Waals surface area contributed by atoms with E-state index in [1.54, 1.807) is 34.6 Å². The number of likely N-dealkylation sites (N-methyl/N-ethyl adjacent to an activating group) is 1. The number of amides is 1. The summed E-state index contributed by atoms with van der Waals surface area (Å²) in [5.41, 5.74) is 2.44. The van der Waals surface area contributed by atoms with Crippen LogP contribution in [0.4, 0.5) is 4.39 Å². The Hall–Kier alpha value is -2.25. The Kier molecular flexibility index (Phi) is 5.38. The topological polar surface area (TPSA) is 40.9 Å². The number of aromatic nitrogens is 2. The highest BCUT2D eigenvalue weighted by molar-refractivity contribution is 7.10. The van der Waals surface area contributed by atoms with E-state index in [0.717, 1.165) is 16.0 Å². The van der Waals surface area contributed by atoms with E-state index in [0.29, 0.717) is 25.3 Å². The molecule has 3 aromatic rings. The molecule has 3 aromatic heterocycles. The van der Waals surface area contributed by atoms with Gasteiger partial charge in [-0.2, -0.15) is 4.39 Å². The summed E-state index contributed by atoms with van der Waals surface area (Å²) < 4.78 is 16.1. The van der Waals surface area contributed by atoms with E-state index in [9.17, 15) is 9.18 Å². The average molecular weight is 374 g/mol.